The van der Waals surface area contributed by atoms with Crippen LogP contribution in [-0.2, 0) is 4.79 Å². The lowest BCUT2D eigenvalue weighted by molar-refractivity contribution is -0.131. The second-order valence-corrected chi connectivity index (χ2v) is 3.71. The highest BCUT2D eigenvalue weighted by molar-refractivity contribution is 5.86. The summed E-state index contributed by atoms with van der Waals surface area (Å²) in [4.78, 5) is 14.9. The summed E-state index contributed by atoms with van der Waals surface area (Å²) < 4.78 is 0. The Morgan fingerprint density at radius 2 is 2.50 bits per heavy atom. The molecule has 0 fully saturated rings. The van der Waals surface area contributed by atoms with E-state index in [2.05, 4.69) is 11.9 Å². The van der Waals surface area contributed by atoms with Gasteiger partial charge in [-0.05, 0) is 25.2 Å². The van der Waals surface area contributed by atoms with Crippen LogP contribution in [0, 0.1) is 5.92 Å². The summed E-state index contributed by atoms with van der Waals surface area (Å²) in [7, 11) is 0. The Hall–Kier alpha value is -1.12. The summed E-state index contributed by atoms with van der Waals surface area (Å²) in [6, 6.07) is 0.292. The fourth-order valence-corrected chi connectivity index (χ4v) is 1.69. The van der Waals surface area contributed by atoms with E-state index < -0.39 is 5.97 Å². The van der Waals surface area contributed by atoms with Crippen molar-refractivity contribution in [3.05, 3.63) is 12.2 Å². The fraction of sp³-hybridized carbons (Fsp3) is 0.636. The van der Waals surface area contributed by atoms with Gasteiger partial charge in [0.15, 0.2) is 0 Å². The highest BCUT2D eigenvalue weighted by atomic mass is 16.4. The summed E-state index contributed by atoms with van der Waals surface area (Å²) in [5.41, 5.74) is 1.27. The van der Waals surface area contributed by atoms with E-state index in [4.69, 9.17) is 5.11 Å². The standard InChI is InChI=1S/C11H17NO2/c1-3-9-5-6-10(12-9)8(2)4-7-11(13)14/h4,7-8,10H,3,5-6H2,1-2H3,(H,13,14)/b7-4+/t8-,10?/m0/s1. The van der Waals surface area contributed by atoms with Gasteiger partial charge in [0.1, 0.15) is 0 Å². The van der Waals surface area contributed by atoms with E-state index in [9.17, 15) is 4.79 Å². The molecule has 0 aromatic heterocycles. The van der Waals surface area contributed by atoms with Gasteiger partial charge in [0.2, 0.25) is 0 Å². The number of nitrogens with zero attached hydrogens (tertiary/aromatic N) is 1. The highest BCUT2D eigenvalue weighted by Crippen LogP contribution is 2.22. The number of carboxylic acids is 1. The number of carbonyl (C=O) groups is 1. The highest BCUT2D eigenvalue weighted by Gasteiger charge is 2.20. The first-order chi connectivity index (χ1) is 6.63. The molecule has 0 saturated heterocycles. The topological polar surface area (TPSA) is 49.7 Å². The maximum Gasteiger partial charge on any atom is 0.327 e. The van der Waals surface area contributed by atoms with Crippen LogP contribution in [0.4, 0.5) is 0 Å². The van der Waals surface area contributed by atoms with E-state index in [-0.39, 0.29) is 5.92 Å². The number of hydrogen-bond donors (Lipinski definition) is 1. The lowest BCUT2D eigenvalue weighted by Gasteiger charge is -2.11. The van der Waals surface area contributed by atoms with E-state index >= 15 is 0 Å². The van der Waals surface area contributed by atoms with Crippen LogP contribution in [0.5, 0.6) is 0 Å². The molecule has 1 aliphatic rings. The van der Waals surface area contributed by atoms with Gasteiger partial charge in [-0.15, -0.1) is 0 Å². The molecule has 2 atom stereocenters. The molecular formula is C11H17NO2. The predicted molar refractivity (Wildman–Crippen MR) is 56.7 cm³/mol. The van der Waals surface area contributed by atoms with Crippen molar-refractivity contribution in [1.82, 2.24) is 0 Å². The molecule has 0 aromatic carbocycles. The van der Waals surface area contributed by atoms with E-state index in [1.54, 1.807) is 6.08 Å². The summed E-state index contributed by atoms with van der Waals surface area (Å²) >= 11 is 0. The van der Waals surface area contributed by atoms with E-state index in [0.29, 0.717) is 6.04 Å². The number of hydrogen-bond acceptors (Lipinski definition) is 2. The first-order valence-corrected chi connectivity index (χ1v) is 5.10. The molecule has 0 bridgehead atoms. The second kappa shape index (κ2) is 4.94. The number of aliphatic imine (C=N–C) groups is 1. The smallest absolute Gasteiger partial charge is 0.327 e. The Labute approximate surface area is 84.5 Å². The SMILES string of the molecule is CCC1=NC([C@@H](C)/C=C/C(=O)O)CC1. The normalized spacial score (nSPS) is 23.9. The summed E-state index contributed by atoms with van der Waals surface area (Å²) in [6.45, 7) is 4.13. The molecule has 1 N–H and O–H groups in total. The van der Waals surface area contributed by atoms with Crippen LogP contribution in [-0.4, -0.2) is 22.8 Å². The van der Waals surface area contributed by atoms with Crippen molar-refractivity contribution in [2.45, 2.75) is 39.2 Å². The van der Waals surface area contributed by atoms with Crippen molar-refractivity contribution in [3.8, 4) is 0 Å². The van der Waals surface area contributed by atoms with Crippen molar-refractivity contribution >= 4 is 11.7 Å². The van der Waals surface area contributed by atoms with Crippen molar-refractivity contribution in [2.75, 3.05) is 0 Å². The molecule has 3 nitrogen and oxygen atoms in total. The maximum atomic E-state index is 10.3. The van der Waals surface area contributed by atoms with Gasteiger partial charge in [-0.25, -0.2) is 4.79 Å². The Balaban J connectivity index is 2.50. The first-order valence-electron chi connectivity index (χ1n) is 5.10. The first kappa shape index (κ1) is 11.0. The lowest BCUT2D eigenvalue weighted by atomic mass is 9.99. The molecule has 0 saturated carbocycles. The third-order valence-electron chi connectivity index (χ3n) is 2.63. The van der Waals surface area contributed by atoms with Crippen LogP contribution < -0.4 is 0 Å². The van der Waals surface area contributed by atoms with E-state index in [0.717, 1.165) is 19.3 Å². The molecule has 1 rings (SSSR count). The molecule has 0 amide bonds. The van der Waals surface area contributed by atoms with Gasteiger partial charge in [0, 0.05) is 11.8 Å². The number of aliphatic carboxylic acids is 1. The van der Waals surface area contributed by atoms with Crippen LogP contribution in [0.25, 0.3) is 0 Å². The predicted octanol–water partition coefficient (Wildman–Crippen LogP) is 2.28. The zero-order valence-corrected chi connectivity index (χ0v) is 8.73. The summed E-state index contributed by atoms with van der Waals surface area (Å²) in [5.74, 6) is -0.648. The quantitative estimate of drug-likeness (QED) is 0.699. The second-order valence-electron chi connectivity index (χ2n) is 3.71. The van der Waals surface area contributed by atoms with Gasteiger partial charge in [-0.1, -0.05) is 19.9 Å². The number of carboxylic acid groups (broad SMARTS) is 1. The fourth-order valence-electron chi connectivity index (χ4n) is 1.69. The minimum absolute atomic E-state index is 0.232. The molecular weight excluding hydrogens is 178 g/mol. The molecule has 3 heteroatoms. The summed E-state index contributed by atoms with van der Waals surface area (Å²) in [6.07, 6.45) is 6.10. The average Bonchev–Trinajstić information content (AvgIpc) is 2.62. The van der Waals surface area contributed by atoms with Crippen LogP contribution >= 0.6 is 0 Å². The largest absolute Gasteiger partial charge is 0.478 e. The Morgan fingerprint density at radius 1 is 1.79 bits per heavy atom. The maximum absolute atomic E-state index is 10.3. The van der Waals surface area contributed by atoms with Gasteiger partial charge < -0.3 is 5.11 Å². The Kier molecular flexibility index (Phi) is 3.86. The van der Waals surface area contributed by atoms with E-state index in [1.807, 2.05) is 6.92 Å². The van der Waals surface area contributed by atoms with Crippen LogP contribution in [0.1, 0.15) is 33.1 Å². The van der Waals surface area contributed by atoms with Crippen molar-refractivity contribution in [3.63, 3.8) is 0 Å². The van der Waals surface area contributed by atoms with Gasteiger partial charge in [-0.2, -0.15) is 0 Å². The lowest BCUT2D eigenvalue weighted by Crippen LogP contribution is -2.10. The van der Waals surface area contributed by atoms with Gasteiger partial charge >= 0.3 is 5.97 Å². The van der Waals surface area contributed by atoms with Crippen LogP contribution in [0.15, 0.2) is 17.1 Å². The molecule has 1 aliphatic heterocycles. The Morgan fingerprint density at radius 3 is 3.00 bits per heavy atom. The third kappa shape index (κ3) is 2.98. The van der Waals surface area contributed by atoms with Gasteiger partial charge in [0.25, 0.3) is 0 Å². The van der Waals surface area contributed by atoms with Gasteiger partial charge in [0.05, 0.1) is 6.04 Å². The Bertz CT molecular complexity index is 268. The van der Waals surface area contributed by atoms with E-state index in [1.165, 1.54) is 11.8 Å². The average molecular weight is 195 g/mol. The van der Waals surface area contributed by atoms with Crippen LogP contribution in [0.3, 0.4) is 0 Å². The molecule has 0 aromatic rings. The van der Waals surface area contributed by atoms with Crippen molar-refractivity contribution in [1.29, 1.82) is 0 Å². The minimum atomic E-state index is -0.880. The number of rotatable bonds is 4. The van der Waals surface area contributed by atoms with Crippen molar-refractivity contribution in [2.24, 2.45) is 10.9 Å². The molecule has 0 spiro atoms. The summed E-state index contributed by atoms with van der Waals surface area (Å²) in [5, 5.41) is 8.48. The third-order valence-corrected chi connectivity index (χ3v) is 2.63. The zero-order chi connectivity index (χ0) is 10.6. The molecule has 1 heterocycles. The molecule has 14 heavy (non-hydrogen) atoms. The molecule has 1 unspecified atom stereocenters. The zero-order valence-electron chi connectivity index (χ0n) is 8.73. The van der Waals surface area contributed by atoms with Crippen molar-refractivity contribution < 1.29 is 9.90 Å². The monoisotopic (exact) mass is 195 g/mol. The van der Waals surface area contributed by atoms with Crippen LogP contribution in [0.2, 0.25) is 0 Å². The minimum Gasteiger partial charge on any atom is -0.478 e. The molecule has 0 aliphatic carbocycles. The van der Waals surface area contributed by atoms with Gasteiger partial charge in [-0.3, -0.25) is 4.99 Å². The molecule has 0 radical (unpaired) electrons. The molecule has 78 valence electrons.